The quantitative estimate of drug-likeness (QED) is 0.251. The predicted molar refractivity (Wildman–Crippen MR) is 145 cm³/mol. The molecule has 5 rings (SSSR count). The van der Waals surface area contributed by atoms with Gasteiger partial charge in [0.2, 0.25) is 5.91 Å². The van der Waals surface area contributed by atoms with Gasteiger partial charge in [0.1, 0.15) is 36.1 Å². The Balaban J connectivity index is 1.33. The Morgan fingerprint density at radius 2 is 1.39 bits per heavy atom. The van der Waals surface area contributed by atoms with E-state index in [1.54, 1.807) is 4.90 Å². The molecule has 2 aliphatic heterocycles. The van der Waals surface area contributed by atoms with Crippen LogP contribution in [-0.2, 0) is 16.0 Å². The van der Waals surface area contributed by atoms with Crippen LogP contribution in [0.2, 0.25) is 0 Å². The molecule has 2 heterocycles. The van der Waals surface area contributed by atoms with Crippen molar-refractivity contribution >= 4 is 11.6 Å². The zero-order valence-corrected chi connectivity index (χ0v) is 22.1. The number of hydrogen-bond acceptors (Lipinski definition) is 7. The van der Waals surface area contributed by atoms with Crippen molar-refractivity contribution in [3.8, 4) is 0 Å². The summed E-state index contributed by atoms with van der Waals surface area (Å²) in [6.07, 6.45) is -6.08. The number of amides is 1. The smallest absolute Gasteiger partial charge is 0.233 e. The van der Waals surface area contributed by atoms with Gasteiger partial charge in [0.15, 0.2) is 0 Å². The Kier molecular flexibility index (Phi) is 8.79. The summed E-state index contributed by atoms with van der Waals surface area (Å²) in [7, 11) is 0. The molecule has 5 N–H and O–H groups in total. The number of anilines is 1. The van der Waals surface area contributed by atoms with Crippen molar-refractivity contribution in [3.63, 3.8) is 0 Å². The standard InChI is InChI=1S/C31H33F2NO7/c32-20-7-5-18(6-8-20)24(36)14-13-23-27(34(31(23)40)22-11-9-21(33)10-12-22)19-3-1-17(2-4-19)15-25-28(37)30(39)29(38)26(16-35)41-25/h1-12,23-30,35-39H,13-16H2. The van der Waals surface area contributed by atoms with Crippen LogP contribution in [0.25, 0.3) is 0 Å². The van der Waals surface area contributed by atoms with Crippen LogP contribution in [0.5, 0.6) is 0 Å². The molecule has 0 bridgehead atoms. The summed E-state index contributed by atoms with van der Waals surface area (Å²) in [4.78, 5) is 14.9. The highest BCUT2D eigenvalue weighted by molar-refractivity contribution is 6.03. The second kappa shape index (κ2) is 12.3. The molecule has 3 aromatic carbocycles. The molecule has 41 heavy (non-hydrogen) atoms. The fourth-order valence-corrected chi connectivity index (χ4v) is 5.72. The summed E-state index contributed by atoms with van der Waals surface area (Å²) in [6.45, 7) is -0.507. The van der Waals surface area contributed by atoms with Crippen LogP contribution in [0.4, 0.5) is 14.5 Å². The van der Waals surface area contributed by atoms with Crippen LogP contribution < -0.4 is 4.90 Å². The van der Waals surface area contributed by atoms with Gasteiger partial charge in [0.25, 0.3) is 0 Å². The molecule has 0 aliphatic carbocycles. The molecule has 0 aromatic heterocycles. The van der Waals surface area contributed by atoms with Crippen molar-refractivity contribution < 1.29 is 43.8 Å². The molecule has 0 radical (unpaired) electrons. The number of β-lactam (4-membered cyclic amide) rings is 1. The maximum atomic E-state index is 13.6. The average molecular weight is 570 g/mol. The van der Waals surface area contributed by atoms with E-state index in [1.807, 2.05) is 24.3 Å². The number of carbonyl (C=O) groups excluding carboxylic acids is 1. The first kappa shape index (κ1) is 29.2. The van der Waals surface area contributed by atoms with E-state index >= 15 is 0 Å². The second-order valence-corrected chi connectivity index (χ2v) is 10.7. The van der Waals surface area contributed by atoms with Gasteiger partial charge in [-0.25, -0.2) is 8.78 Å². The topological polar surface area (TPSA) is 131 Å². The molecular weight excluding hydrogens is 536 g/mol. The van der Waals surface area contributed by atoms with Gasteiger partial charge in [-0.15, -0.1) is 0 Å². The maximum Gasteiger partial charge on any atom is 0.233 e. The Morgan fingerprint density at radius 3 is 2.00 bits per heavy atom. The third kappa shape index (κ3) is 6.04. The highest BCUT2D eigenvalue weighted by Gasteiger charge is 2.48. The van der Waals surface area contributed by atoms with Crippen molar-refractivity contribution in [3.05, 3.63) is 101 Å². The number of rotatable bonds is 9. The number of aliphatic hydroxyl groups is 5. The third-order valence-electron chi connectivity index (χ3n) is 8.07. The van der Waals surface area contributed by atoms with Gasteiger partial charge < -0.3 is 35.2 Å². The fourth-order valence-electron chi connectivity index (χ4n) is 5.72. The molecule has 8 atom stereocenters. The van der Waals surface area contributed by atoms with E-state index in [4.69, 9.17) is 4.74 Å². The molecule has 2 aliphatic rings. The predicted octanol–water partition coefficient (Wildman–Crippen LogP) is 2.57. The van der Waals surface area contributed by atoms with Crippen molar-refractivity contribution in [1.82, 2.24) is 0 Å². The van der Waals surface area contributed by atoms with Crippen LogP contribution in [0.15, 0.2) is 72.8 Å². The third-order valence-corrected chi connectivity index (χ3v) is 8.07. The van der Waals surface area contributed by atoms with Gasteiger partial charge in [-0.3, -0.25) is 4.79 Å². The molecule has 8 nitrogen and oxygen atoms in total. The average Bonchev–Trinajstić information content (AvgIpc) is 2.98. The van der Waals surface area contributed by atoms with E-state index in [0.29, 0.717) is 17.7 Å². The Labute approximate surface area is 236 Å². The van der Waals surface area contributed by atoms with Gasteiger partial charge in [-0.1, -0.05) is 36.4 Å². The van der Waals surface area contributed by atoms with E-state index in [1.165, 1.54) is 48.5 Å². The van der Waals surface area contributed by atoms with Gasteiger partial charge in [-0.2, -0.15) is 0 Å². The molecular formula is C31H33F2NO7. The van der Waals surface area contributed by atoms with Gasteiger partial charge in [-0.05, 0) is 65.9 Å². The Morgan fingerprint density at radius 1 is 0.805 bits per heavy atom. The number of halogens is 2. The number of ether oxygens (including phenoxy) is 1. The van der Waals surface area contributed by atoms with E-state index in [0.717, 1.165) is 11.1 Å². The first-order valence-electron chi connectivity index (χ1n) is 13.6. The van der Waals surface area contributed by atoms with Crippen LogP contribution in [0, 0.1) is 17.6 Å². The fraction of sp³-hybridized carbons (Fsp3) is 0.387. The number of carbonyl (C=O) groups is 1. The zero-order chi connectivity index (χ0) is 29.3. The van der Waals surface area contributed by atoms with E-state index < -0.39 is 60.8 Å². The van der Waals surface area contributed by atoms with Crippen molar-refractivity contribution in [2.24, 2.45) is 5.92 Å². The summed E-state index contributed by atoms with van der Waals surface area (Å²) < 4.78 is 32.5. The minimum atomic E-state index is -1.46. The normalized spacial score (nSPS) is 28.8. The highest BCUT2D eigenvalue weighted by Crippen LogP contribution is 2.46. The van der Waals surface area contributed by atoms with Crippen molar-refractivity contribution in [1.29, 1.82) is 0 Å². The van der Waals surface area contributed by atoms with Crippen molar-refractivity contribution in [2.45, 2.75) is 61.9 Å². The molecule has 8 unspecified atom stereocenters. The lowest BCUT2D eigenvalue weighted by molar-refractivity contribution is -0.228. The second-order valence-electron chi connectivity index (χ2n) is 10.7. The highest BCUT2D eigenvalue weighted by atomic mass is 19.1. The number of nitrogens with zero attached hydrogens (tertiary/aromatic N) is 1. The van der Waals surface area contributed by atoms with E-state index in [9.17, 15) is 39.1 Å². The number of benzene rings is 3. The first-order chi connectivity index (χ1) is 19.7. The Bertz CT molecular complexity index is 1320. The molecule has 2 saturated heterocycles. The summed E-state index contributed by atoms with van der Waals surface area (Å²) in [5.74, 6) is -1.43. The van der Waals surface area contributed by atoms with Crippen LogP contribution in [0.1, 0.15) is 41.7 Å². The first-order valence-corrected chi connectivity index (χ1v) is 13.6. The number of hydrogen-bond donors (Lipinski definition) is 5. The Hall–Kier alpha value is -3.25. The SMILES string of the molecule is O=C1C(CCC(O)c2ccc(F)cc2)C(c2ccc(CC3OC(CO)C(O)C(O)C3O)cc2)N1c1ccc(F)cc1. The largest absolute Gasteiger partial charge is 0.394 e. The lowest BCUT2D eigenvalue weighted by Gasteiger charge is -2.48. The molecule has 1 amide bonds. The summed E-state index contributed by atoms with van der Waals surface area (Å²) in [6, 6.07) is 18.2. The molecule has 3 aromatic rings. The zero-order valence-electron chi connectivity index (χ0n) is 22.1. The number of aliphatic hydroxyl groups excluding tert-OH is 5. The minimum Gasteiger partial charge on any atom is -0.394 e. The lowest BCUT2D eigenvalue weighted by atomic mass is 9.78. The molecule has 218 valence electrons. The minimum absolute atomic E-state index is 0.154. The molecule has 0 saturated carbocycles. The van der Waals surface area contributed by atoms with Gasteiger partial charge >= 0.3 is 0 Å². The lowest BCUT2D eigenvalue weighted by Crippen LogP contribution is -2.59. The molecule has 0 spiro atoms. The maximum absolute atomic E-state index is 13.6. The van der Waals surface area contributed by atoms with Crippen LogP contribution >= 0.6 is 0 Å². The molecule has 10 heteroatoms. The summed E-state index contributed by atoms with van der Waals surface area (Å²) in [5.41, 5.74) is 2.68. The van der Waals surface area contributed by atoms with E-state index in [-0.39, 0.29) is 24.8 Å². The van der Waals surface area contributed by atoms with Crippen LogP contribution in [-0.4, -0.2) is 68.6 Å². The van der Waals surface area contributed by atoms with E-state index in [2.05, 4.69) is 0 Å². The van der Waals surface area contributed by atoms with Gasteiger partial charge in [0, 0.05) is 12.1 Å². The monoisotopic (exact) mass is 569 g/mol. The summed E-state index contributed by atoms with van der Waals surface area (Å²) >= 11 is 0. The molecule has 2 fully saturated rings. The summed E-state index contributed by atoms with van der Waals surface area (Å²) in [5, 5.41) is 50.6. The van der Waals surface area contributed by atoms with Gasteiger partial charge in [0.05, 0.1) is 30.8 Å². The van der Waals surface area contributed by atoms with Crippen molar-refractivity contribution in [2.75, 3.05) is 11.5 Å². The van der Waals surface area contributed by atoms with Crippen LogP contribution in [0.3, 0.4) is 0 Å².